The first kappa shape index (κ1) is 16.1. The van der Waals surface area contributed by atoms with Gasteiger partial charge in [-0.05, 0) is 0 Å². The van der Waals surface area contributed by atoms with E-state index in [1.807, 2.05) is 12.1 Å². The molecule has 114 valence electrons. The van der Waals surface area contributed by atoms with Gasteiger partial charge in [-0.1, -0.05) is 0 Å². The van der Waals surface area contributed by atoms with Crippen LogP contribution in [0.25, 0.3) is 0 Å². The molecule has 0 saturated carbocycles. The van der Waals surface area contributed by atoms with E-state index >= 15 is 0 Å². The van der Waals surface area contributed by atoms with Crippen molar-refractivity contribution in [2.45, 2.75) is 32.6 Å². The summed E-state index contributed by atoms with van der Waals surface area (Å²) in [5, 5.41) is 0.428. The van der Waals surface area contributed by atoms with Crippen LogP contribution in [0.3, 0.4) is 0 Å². The van der Waals surface area contributed by atoms with Crippen LogP contribution in [0.1, 0.15) is 31.7 Å². The first-order valence-electron chi connectivity index (χ1n) is 7.35. The Morgan fingerprint density at radius 3 is 2.10 bits per heavy atom. The molecule has 0 saturated heterocycles. The van der Waals surface area contributed by atoms with Crippen LogP contribution >= 0.6 is 7.28 Å². The van der Waals surface area contributed by atoms with Crippen molar-refractivity contribution in [3.8, 4) is 0 Å². The molecule has 0 aliphatic heterocycles. The Hall–Kier alpha value is -1.25. The predicted octanol–water partition coefficient (Wildman–Crippen LogP) is 2.65. The van der Waals surface area contributed by atoms with Crippen molar-refractivity contribution in [2.75, 3.05) is 0 Å². The fourth-order valence-corrected chi connectivity index (χ4v) is 4.61. The average Bonchev–Trinajstić information content (AvgIpc) is 2.48. The van der Waals surface area contributed by atoms with Crippen LogP contribution in [0.2, 0.25) is 0 Å². The van der Waals surface area contributed by atoms with Gasteiger partial charge in [0.05, 0.1) is 0 Å². The van der Waals surface area contributed by atoms with E-state index in [2.05, 4.69) is 6.92 Å². The third kappa shape index (κ3) is 3.50. The maximum absolute atomic E-state index is 10.7. The van der Waals surface area contributed by atoms with Crippen molar-refractivity contribution in [3.05, 3.63) is 60.2 Å². The monoisotopic (exact) mass is 306 g/mol. The van der Waals surface area contributed by atoms with Crippen molar-refractivity contribution in [1.29, 1.82) is 0 Å². The second-order valence-corrected chi connectivity index (χ2v) is 8.36. The molecule has 0 heterocycles. The van der Waals surface area contributed by atoms with Crippen molar-refractivity contribution >= 4 is 17.9 Å². The number of unbranched alkanes of at least 4 members (excludes halogenated alkanes) is 2. The normalized spacial score (nSPS) is 13.6. The van der Waals surface area contributed by atoms with E-state index in [4.69, 9.17) is 0 Å². The molecule has 0 aromatic heterocycles. The summed E-state index contributed by atoms with van der Waals surface area (Å²) in [6, 6.07) is 15.3. The van der Waals surface area contributed by atoms with Crippen molar-refractivity contribution in [3.63, 3.8) is 0 Å². The number of hydrogen-bond acceptors (Lipinski definition) is 3. The molecule has 0 amide bonds. The molecular formula is C17H23O3P. The van der Waals surface area contributed by atoms with E-state index in [0.29, 0.717) is 0 Å². The second-order valence-electron chi connectivity index (χ2n) is 5.40. The van der Waals surface area contributed by atoms with Crippen LogP contribution in [0.15, 0.2) is 54.6 Å². The molecule has 0 aliphatic carbocycles. The summed E-state index contributed by atoms with van der Waals surface area (Å²) in [6.45, 7) is 2.13. The SMILES string of the molecule is CCCCCc1ccccc1P(O)(O)(O)c1ccccc1. The maximum atomic E-state index is 10.7. The van der Waals surface area contributed by atoms with Crippen molar-refractivity contribution < 1.29 is 14.7 Å². The Morgan fingerprint density at radius 2 is 1.43 bits per heavy atom. The summed E-state index contributed by atoms with van der Waals surface area (Å²) in [5.41, 5.74) is 0.806. The zero-order valence-corrected chi connectivity index (χ0v) is 13.2. The molecule has 2 aromatic rings. The summed E-state index contributed by atoms with van der Waals surface area (Å²) in [7, 11) is -5.05. The molecule has 0 bridgehead atoms. The molecule has 0 fully saturated rings. The fraction of sp³-hybridized carbons (Fsp3) is 0.294. The topological polar surface area (TPSA) is 60.7 Å². The Kier molecular flexibility index (Phi) is 4.80. The van der Waals surface area contributed by atoms with Gasteiger partial charge in [0.15, 0.2) is 0 Å². The summed E-state index contributed by atoms with van der Waals surface area (Å²) >= 11 is 0. The van der Waals surface area contributed by atoms with E-state index in [0.717, 1.165) is 31.2 Å². The minimum absolute atomic E-state index is 0.173. The molecule has 0 aliphatic rings. The quantitative estimate of drug-likeness (QED) is 0.568. The van der Waals surface area contributed by atoms with Gasteiger partial charge in [-0.2, -0.15) is 0 Å². The number of hydrogen-bond donors (Lipinski definition) is 3. The van der Waals surface area contributed by atoms with E-state index < -0.39 is 7.28 Å². The van der Waals surface area contributed by atoms with Crippen LogP contribution in [0, 0.1) is 0 Å². The molecule has 3 N–H and O–H groups in total. The van der Waals surface area contributed by atoms with Gasteiger partial charge in [-0.3, -0.25) is 0 Å². The third-order valence-electron chi connectivity index (χ3n) is 3.72. The fourth-order valence-electron chi connectivity index (χ4n) is 2.53. The minimum atomic E-state index is -5.05. The van der Waals surface area contributed by atoms with Crippen LogP contribution in [-0.4, -0.2) is 14.7 Å². The Morgan fingerprint density at radius 1 is 0.810 bits per heavy atom. The van der Waals surface area contributed by atoms with Gasteiger partial charge in [-0.15, -0.1) is 0 Å². The Labute approximate surface area is 126 Å². The zero-order valence-electron chi connectivity index (χ0n) is 12.3. The molecule has 0 atom stereocenters. The summed E-state index contributed by atoms with van der Waals surface area (Å²) < 4.78 is 0. The molecule has 3 nitrogen and oxygen atoms in total. The number of aryl methyl sites for hydroxylation is 1. The first-order valence-corrected chi connectivity index (χ1v) is 9.44. The number of benzene rings is 2. The van der Waals surface area contributed by atoms with Crippen LogP contribution < -0.4 is 10.6 Å². The Bertz CT molecular complexity index is 588. The van der Waals surface area contributed by atoms with Gasteiger partial charge in [0.1, 0.15) is 0 Å². The third-order valence-corrected chi connectivity index (χ3v) is 6.29. The van der Waals surface area contributed by atoms with Gasteiger partial charge in [-0.25, -0.2) is 0 Å². The van der Waals surface area contributed by atoms with E-state index in [-0.39, 0.29) is 10.6 Å². The molecule has 0 unspecified atom stereocenters. The standard InChI is InChI=1S/C17H23O3P/c1-2-3-5-10-15-11-8-9-14-17(15)21(18,19,20)16-12-6-4-7-13-16/h4,6-9,11-14,18-20H,2-3,5,10H2,1H3. The van der Waals surface area contributed by atoms with Gasteiger partial charge < -0.3 is 0 Å². The summed E-state index contributed by atoms with van der Waals surface area (Å²) in [5.74, 6) is 0. The van der Waals surface area contributed by atoms with Gasteiger partial charge in [0.2, 0.25) is 0 Å². The average molecular weight is 306 g/mol. The van der Waals surface area contributed by atoms with E-state index in [1.54, 1.807) is 42.5 Å². The molecular weight excluding hydrogens is 283 g/mol. The second kappa shape index (κ2) is 6.25. The molecule has 0 spiro atoms. The molecule has 0 radical (unpaired) electrons. The van der Waals surface area contributed by atoms with E-state index in [9.17, 15) is 14.7 Å². The number of rotatable bonds is 6. The van der Waals surface area contributed by atoms with Crippen LogP contribution in [0.5, 0.6) is 0 Å². The predicted molar refractivity (Wildman–Crippen MR) is 89.0 cm³/mol. The van der Waals surface area contributed by atoms with Crippen LogP contribution in [-0.2, 0) is 6.42 Å². The van der Waals surface area contributed by atoms with Crippen molar-refractivity contribution in [1.82, 2.24) is 0 Å². The molecule has 21 heavy (non-hydrogen) atoms. The molecule has 4 heteroatoms. The molecule has 2 aromatic carbocycles. The van der Waals surface area contributed by atoms with Crippen LogP contribution in [0.4, 0.5) is 0 Å². The Balaban J connectivity index is 2.44. The van der Waals surface area contributed by atoms with Gasteiger partial charge in [0, 0.05) is 0 Å². The van der Waals surface area contributed by atoms with Gasteiger partial charge >= 0.3 is 125 Å². The van der Waals surface area contributed by atoms with Crippen molar-refractivity contribution in [2.24, 2.45) is 0 Å². The van der Waals surface area contributed by atoms with E-state index in [1.165, 1.54) is 0 Å². The first-order chi connectivity index (χ1) is 9.94. The van der Waals surface area contributed by atoms with Gasteiger partial charge in [0.25, 0.3) is 0 Å². The molecule has 2 rings (SSSR count). The summed E-state index contributed by atoms with van der Waals surface area (Å²) in [4.78, 5) is 32.1. The zero-order chi connectivity index (χ0) is 15.4. The summed E-state index contributed by atoms with van der Waals surface area (Å²) in [6.07, 6.45) is 3.88.